The Morgan fingerprint density at radius 2 is 1.31 bits per heavy atom. The molecule has 0 fully saturated rings. The van der Waals surface area contributed by atoms with Gasteiger partial charge in [-0.05, 0) is 48.2 Å². The average Bonchev–Trinajstić information content (AvgIpc) is 2.69. The first-order chi connectivity index (χ1) is 12.8. The van der Waals surface area contributed by atoms with E-state index in [-0.39, 0.29) is 0 Å². The third-order valence-electron chi connectivity index (χ3n) is 5.14. The first-order valence-electron chi connectivity index (χ1n) is 10.4. The Balaban J connectivity index is 1.81. The maximum absolute atomic E-state index is 3.55. The largest absolute Gasteiger partial charge is 0.311 e. The molecular weight excluding hydrogens is 316 g/mol. The standard InChI is InChI=1S/C24H36N2/c1-4-7-8-9-21-10-14-23(15-11-21)24-16-12-22(13-17-24)20-25-18-19-26(5-2)6-3/h10-17,25H,4-9,18-20H2,1-3H3. The van der Waals surface area contributed by atoms with Crippen LogP contribution in [-0.2, 0) is 13.0 Å². The molecule has 0 heterocycles. The summed E-state index contributed by atoms with van der Waals surface area (Å²) in [6, 6.07) is 18.1. The number of nitrogens with zero attached hydrogens (tertiary/aromatic N) is 1. The van der Waals surface area contributed by atoms with Gasteiger partial charge in [0.05, 0.1) is 0 Å². The van der Waals surface area contributed by atoms with E-state index in [9.17, 15) is 0 Å². The van der Waals surface area contributed by atoms with E-state index in [1.807, 2.05) is 0 Å². The maximum atomic E-state index is 3.55. The third-order valence-corrected chi connectivity index (χ3v) is 5.14. The summed E-state index contributed by atoms with van der Waals surface area (Å²) >= 11 is 0. The van der Waals surface area contributed by atoms with E-state index in [1.165, 1.54) is 47.9 Å². The van der Waals surface area contributed by atoms with Crippen molar-refractivity contribution in [3.63, 3.8) is 0 Å². The Bertz CT molecular complexity index is 597. The molecule has 0 radical (unpaired) electrons. The third kappa shape index (κ3) is 6.93. The quantitative estimate of drug-likeness (QED) is 0.506. The lowest BCUT2D eigenvalue weighted by atomic mass is 10.0. The van der Waals surface area contributed by atoms with Crippen LogP contribution in [0.1, 0.15) is 51.2 Å². The maximum Gasteiger partial charge on any atom is 0.0206 e. The van der Waals surface area contributed by atoms with E-state index in [0.29, 0.717) is 0 Å². The van der Waals surface area contributed by atoms with Crippen molar-refractivity contribution in [2.24, 2.45) is 0 Å². The lowest BCUT2D eigenvalue weighted by Gasteiger charge is -2.18. The fourth-order valence-corrected chi connectivity index (χ4v) is 3.27. The second-order valence-corrected chi connectivity index (χ2v) is 7.05. The summed E-state index contributed by atoms with van der Waals surface area (Å²) in [5, 5.41) is 3.55. The molecule has 0 amide bonds. The van der Waals surface area contributed by atoms with Crippen LogP contribution in [0.25, 0.3) is 11.1 Å². The molecule has 0 bridgehead atoms. The number of aryl methyl sites for hydroxylation is 1. The Hall–Kier alpha value is -1.64. The Morgan fingerprint density at radius 1 is 0.731 bits per heavy atom. The SMILES string of the molecule is CCCCCc1ccc(-c2ccc(CNCCN(CC)CC)cc2)cc1. The summed E-state index contributed by atoms with van der Waals surface area (Å²) in [6.07, 6.45) is 5.11. The van der Waals surface area contributed by atoms with Gasteiger partial charge in [0.1, 0.15) is 0 Å². The van der Waals surface area contributed by atoms with Crippen molar-refractivity contribution in [2.45, 2.75) is 53.0 Å². The van der Waals surface area contributed by atoms with Crippen molar-refractivity contribution in [1.29, 1.82) is 0 Å². The molecule has 0 aliphatic rings. The number of nitrogens with one attached hydrogen (secondary N) is 1. The number of benzene rings is 2. The highest BCUT2D eigenvalue weighted by atomic mass is 15.1. The zero-order chi connectivity index (χ0) is 18.6. The molecule has 2 aromatic rings. The molecule has 0 aliphatic carbocycles. The summed E-state index contributed by atoms with van der Waals surface area (Å²) in [5.41, 5.74) is 5.42. The molecule has 2 heteroatoms. The molecule has 142 valence electrons. The Morgan fingerprint density at radius 3 is 1.85 bits per heavy atom. The number of hydrogen-bond donors (Lipinski definition) is 1. The van der Waals surface area contributed by atoms with Gasteiger partial charge in [-0.15, -0.1) is 0 Å². The fourth-order valence-electron chi connectivity index (χ4n) is 3.27. The van der Waals surface area contributed by atoms with Crippen LogP contribution in [-0.4, -0.2) is 31.1 Å². The zero-order valence-corrected chi connectivity index (χ0v) is 16.9. The van der Waals surface area contributed by atoms with Gasteiger partial charge in [0, 0.05) is 19.6 Å². The van der Waals surface area contributed by atoms with Gasteiger partial charge in [-0.3, -0.25) is 0 Å². The number of rotatable bonds is 12. The molecule has 2 rings (SSSR count). The summed E-state index contributed by atoms with van der Waals surface area (Å²) in [5.74, 6) is 0. The van der Waals surface area contributed by atoms with Gasteiger partial charge in [-0.2, -0.15) is 0 Å². The Kier molecular flexibility index (Phi) is 9.44. The monoisotopic (exact) mass is 352 g/mol. The molecule has 0 unspecified atom stereocenters. The van der Waals surface area contributed by atoms with Crippen molar-refractivity contribution in [3.05, 3.63) is 59.7 Å². The van der Waals surface area contributed by atoms with Crippen molar-refractivity contribution < 1.29 is 0 Å². The van der Waals surface area contributed by atoms with Crippen LogP contribution in [0.15, 0.2) is 48.5 Å². The van der Waals surface area contributed by atoms with Gasteiger partial charge in [0.15, 0.2) is 0 Å². The van der Waals surface area contributed by atoms with Gasteiger partial charge in [0.25, 0.3) is 0 Å². The minimum atomic E-state index is 0.942. The predicted octanol–water partition coefficient (Wildman–Crippen LogP) is 5.52. The highest BCUT2D eigenvalue weighted by Crippen LogP contribution is 2.21. The molecule has 1 N–H and O–H groups in total. The first kappa shape index (κ1) is 20.7. The van der Waals surface area contributed by atoms with Crippen LogP contribution in [0.3, 0.4) is 0 Å². The first-order valence-corrected chi connectivity index (χ1v) is 10.4. The molecule has 0 saturated carbocycles. The minimum absolute atomic E-state index is 0.942. The van der Waals surface area contributed by atoms with E-state index in [0.717, 1.165) is 32.7 Å². The smallest absolute Gasteiger partial charge is 0.0206 e. The Labute approximate surface area is 160 Å². The fraction of sp³-hybridized carbons (Fsp3) is 0.500. The summed E-state index contributed by atoms with van der Waals surface area (Å²) < 4.78 is 0. The predicted molar refractivity (Wildman–Crippen MR) is 115 cm³/mol. The topological polar surface area (TPSA) is 15.3 Å². The molecule has 0 saturated heterocycles. The van der Waals surface area contributed by atoms with Crippen molar-refractivity contribution >= 4 is 0 Å². The van der Waals surface area contributed by atoms with Gasteiger partial charge >= 0.3 is 0 Å². The van der Waals surface area contributed by atoms with Crippen molar-refractivity contribution in [1.82, 2.24) is 10.2 Å². The van der Waals surface area contributed by atoms with Crippen LogP contribution in [0.5, 0.6) is 0 Å². The van der Waals surface area contributed by atoms with Crippen LogP contribution in [0.2, 0.25) is 0 Å². The van der Waals surface area contributed by atoms with E-state index in [2.05, 4.69) is 79.5 Å². The second kappa shape index (κ2) is 11.9. The van der Waals surface area contributed by atoms with Crippen LogP contribution >= 0.6 is 0 Å². The number of hydrogen-bond acceptors (Lipinski definition) is 2. The summed E-state index contributed by atoms with van der Waals surface area (Å²) in [4.78, 5) is 2.45. The lowest BCUT2D eigenvalue weighted by Crippen LogP contribution is -2.31. The van der Waals surface area contributed by atoms with Gasteiger partial charge in [0.2, 0.25) is 0 Å². The van der Waals surface area contributed by atoms with Gasteiger partial charge in [-0.1, -0.05) is 82.1 Å². The average molecular weight is 353 g/mol. The van der Waals surface area contributed by atoms with E-state index < -0.39 is 0 Å². The molecule has 0 aromatic heterocycles. The van der Waals surface area contributed by atoms with Crippen LogP contribution in [0.4, 0.5) is 0 Å². The van der Waals surface area contributed by atoms with Gasteiger partial charge < -0.3 is 10.2 Å². The second-order valence-electron chi connectivity index (χ2n) is 7.05. The summed E-state index contributed by atoms with van der Waals surface area (Å²) in [7, 11) is 0. The minimum Gasteiger partial charge on any atom is -0.311 e. The highest BCUT2D eigenvalue weighted by Gasteiger charge is 2.01. The van der Waals surface area contributed by atoms with Crippen molar-refractivity contribution in [2.75, 3.05) is 26.2 Å². The van der Waals surface area contributed by atoms with Gasteiger partial charge in [-0.25, -0.2) is 0 Å². The zero-order valence-electron chi connectivity index (χ0n) is 16.9. The normalized spacial score (nSPS) is 11.2. The van der Waals surface area contributed by atoms with E-state index >= 15 is 0 Å². The number of unbranched alkanes of at least 4 members (excludes halogenated alkanes) is 2. The molecular formula is C24H36N2. The summed E-state index contributed by atoms with van der Waals surface area (Å²) in [6.45, 7) is 12.1. The van der Waals surface area contributed by atoms with E-state index in [4.69, 9.17) is 0 Å². The van der Waals surface area contributed by atoms with Crippen LogP contribution in [0, 0.1) is 0 Å². The van der Waals surface area contributed by atoms with Crippen LogP contribution < -0.4 is 5.32 Å². The number of likely N-dealkylation sites (N-methyl/N-ethyl adjacent to an activating group) is 1. The molecule has 2 aromatic carbocycles. The molecule has 0 spiro atoms. The van der Waals surface area contributed by atoms with E-state index in [1.54, 1.807) is 0 Å². The molecule has 0 aliphatic heterocycles. The highest BCUT2D eigenvalue weighted by molar-refractivity contribution is 5.63. The molecule has 26 heavy (non-hydrogen) atoms. The molecule has 2 nitrogen and oxygen atoms in total. The van der Waals surface area contributed by atoms with Crippen molar-refractivity contribution in [3.8, 4) is 11.1 Å². The molecule has 0 atom stereocenters. The lowest BCUT2D eigenvalue weighted by molar-refractivity contribution is 0.302.